The lowest BCUT2D eigenvalue weighted by Gasteiger charge is -2.22. The van der Waals surface area contributed by atoms with Crippen LogP contribution in [0.25, 0.3) is 0 Å². The van der Waals surface area contributed by atoms with Crippen molar-refractivity contribution in [1.82, 2.24) is 14.6 Å². The van der Waals surface area contributed by atoms with Crippen LogP contribution in [0.15, 0.2) is 5.51 Å². The molecule has 19 heavy (non-hydrogen) atoms. The fraction of sp³-hybridized carbons (Fsp3) is 0.750. The predicted octanol–water partition coefficient (Wildman–Crippen LogP) is 1.60. The van der Waals surface area contributed by atoms with E-state index in [4.69, 9.17) is 0 Å². The smallest absolute Gasteiger partial charge is 0.218 e. The van der Waals surface area contributed by atoms with Gasteiger partial charge in [0.1, 0.15) is 0 Å². The van der Waals surface area contributed by atoms with Gasteiger partial charge in [-0.25, -0.2) is 13.4 Å². The number of hydrogen-bond donors (Lipinski definition) is 1. The molecule has 0 radical (unpaired) electrons. The summed E-state index contributed by atoms with van der Waals surface area (Å²) in [5.74, 6) is 0. The molecule has 1 N–H and O–H groups in total. The Hall–Kier alpha value is -0.500. The minimum Gasteiger partial charge on any atom is -0.313 e. The Kier molecular flexibility index (Phi) is 5.91. The van der Waals surface area contributed by atoms with Crippen LogP contribution in [0.4, 0.5) is 0 Å². The maximum Gasteiger partial charge on any atom is 0.218 e. The highest BCUT2D eigenvalue weighted by atomic mass is 32.2. The van der Waals surface area contributed by atoms with Crippen LogP contribution in [-0.4, -0.2) is 42.6 Å². The lowest BCUT2D eigenvalue weighted by molar-refractivity contribution is 0.452. The summed E-state index contributed by atoms with van der Waals surface area (Å²) < 4.78 is 26.1. The first-order chi connectivity index (χ1) is 8.75. The first kappa shape index (κ1) is 16.6. The SMILES string of the molecule is Cc1ncsc1CN(C)S(=O)(=O)C(C)CNC(C)C. The van der Waals surface area contributed by atoms with Crippen molar-refractivity contribution in [2.45, 2.75) is 45.5 Å². The predicted molar refractivity (Wildman–Crippen MR) is 79.8 cm³/mol. The molecule has 1 aromatic heterocycles. The Labute approximate surface area is 120 Å². The molecule has 0 aliphatic rings. The van der Waals surface area contributed by atoms with Crippen molar-refractivity contribution in [3.05, 3.63) is 16.1 Å². The minimum atomic E-state index is -3.28. The number of nitrogens with zero attached hydrogens (tertiary/aromatic N) is 2. The molecule has 0 aliphatic carbocycles. The molecular weight excluding hydrogens is 282 g/mol. The second-order valence-corrected chi connectivity index (χ2v) is 8.43. The van der Waals surface area contributed by atoms with Gasteiger partial charge in [0.2, 0.25) is 10.0 Å². The van der Waals surface area contributed by atoms with Gasteiger partial charge in [-0.2, -0.15) is 4.31 Å². The molecule has 7 heteroatoms. The minimum absolute atomic E-state index is 0.284. The van der Waals surface area contributed by atoms with E-state index in [9.17, 15) is 8.42 Å². The number of thiazole rings is 1. The Morgan fingerprint density at radius 2 is 2.05 bits per heavy atom. The summed E-state index contributed by atoms with van der Waals surface area (Å²) in [5, 5.41) is 2.72. The van der Waals surface area contributed by atoms with Gasteiger partial charge in [0.05, 0.1) is 16.5 Å². The summed E-state index contributed by atoms with van der Waals surface area (Å²) in [6.07, 6.45) is 0. The normalized spacial score (nSPS) is 14.3. The molecule has 0 saturated carbocycles. The first-order valence-electron chi connectivity index (χ1n) is 6.32. The van der Waals surface area contributed by atoms with E-state index in [1.807, 2.05) is 20.8 Å². The van der Waals surface area contributed by atoms with E-state index in [1.54, 1.807) is 19.5 Å². The third kappa shape index (κ3) is 4.52. The Balaban J connectivity index is 2.68. The third-order valence-corrected chi connectivity index (χ3v) is 6.07. The fourth-order valence-electron chi connectivity index (χ4n) is 1.58. The van der Waals surface area contributed by atoms with Crippen LogP contribution in [0.3, 0.4) is 0 Å². The van der Waals surface area contributed by atoms with Crippen LogP contribution in [0.2, 0.25) is 0 Å². The summed E-state index contributed by atoms with van der Waals surface area (Å²) >= 11 is 1.49. The van der Waals surface area contributed by atoms with Gasteiger partial charge < -0.3 is 5.32 Å². The maximum absolute atomic E-state index is 12.4. The molecule has 110 valence electrons. The van der Waals surface area contributed by atoms with Gasteiger partial charge in [-0.15, -0.1) is 11.3 Å². The molecule has 0 fully saturated rings. The number of sulfonamides is 1. The fourth-order valence-corrected chi connectivity index (χ4v) is 3.73. The molecule has 1 unspecified atom stereocenters. The third-order valence-electron chi connectivity index (χ3n) is 2.97. The van der Waals surface area contributed by atoms with Gasteiger partial charge in [-0.1, -0.05) is 13.8 Å². The summed E-state index contributed by atoms with van der Waals surface area (Å²) in [6, 6.07) is 0.284. The van der Waals surface area contributed by atoms with Gasteiger partial charge in [0.25, 0.3) is 0 Å². The van der Waals surface area contributed by atoms with Gasteiger partial charge in [-0.05, 0) is 13.8 Å². The molecule has 5 nitrogen and oxygen atoms in total. The molecule has 0 aliphatic heterocycles. The summed E-state index contributed by atoms with van der Waals surface area (Å²) in [4.78, 5) is 5.14. The van der Waals surface area contributed by atoms with Crippen molar-refractivity contribution in [3.63, 3.8) is 0 Å². The van der Waals surface area contributed by atoms with Crippen molar-refractivity contribution in [3.8, 4) is 0 Å². The largest absolute Gasteiger partial charge is 0.313 e. The second-order valence-electron chi connectivity index (χ2n) is 5.04. The van der Waals surface area contributed by atoms with Crippen LogP contribution in [0, 0.1) is 6.92 Å². The monoisotopic (exact) mass is 305 g/mol. The van der Waals surface area contributed by atoms with Crippen molar-refractivity contribution in [1.29, 1.82) is 0 Å². The zero-order chi connectivity index (χ0) is 14.6. The number of aromatic nitrogens is 1. The van der Waals surface area contributed by atoms with E-state index in [0.717, 1.165) is 10.6 Å². The Morgan fingerprint density at radius 1 is 1.42 bits per heavy atom. The van der Waals surface area contributed by atoms with Crippen LogP contribution in [0.1, 0.15) is 31.3 Å². The lowest BCUT2D eigenvalue weighted by atomic mass is 10.3. The molecule has 0 amide bonds. The molecule has 0 spiro atoms. The van der Waals surface area contributed by atoms with E-state index >= 15 is 0 Å². The highest BCUT2D eigenvalue weighted by Crippen LogP contribution is 2.17. The van der Waals surface area contributed by atoms with Crippen LogP contribution in [-0.2, 0) is 16.6 Å². The maximum atomic E-state index is 12.4. The molecule has 0 bridgehead atoms. The van der Waals surface area contributed by atoms with Crippen LogP contribution < -0.4 is 5.32 Å². The van der Waals surface area contributed by atoms with Gasteiger partial charge >= 0.3 is 0 Å². The van der Waals surface area contributed by atoms with E-state index in [0.29, 0.717) is 13.1 Å². The number of nitrogens with one attached hydrogen (secondary N) is 1. The molecule has 1 heterocycles. The van der Waals surface area contributed by atoms with Crippen molar-refractivity contribution < 1.29 is 8.42 Å². The van der Waals surface area contributed by atoms with Gasteiger partial charge in [0, 0.05) is 31.1 Å². The van der Waals surface area contributed by atoms with E-state index in [-0.39, 0.29) is 6.04 Å². The zero-order valence-corrected chi connectivity index (χ0v) is 13.8. The van der Waals surface area contributed by atoms with Crippen molar-refractivity contribution >= 4 is 21.4 Å². The number of aryl methyl sites for hydroxylation is 1. The average molecular weight is 305 g/mol. The van der Waals surface area contributed by atoms with Crippen LogP contribution in [0.5, 0.6) is 0 Å². The second kappa shape index (κ2) is 6.78. The molecule has 0 saturated heterocycles. The molecule has 0 aromatic carbocycles. The average Bonchev–Trinajstić information content (AvgIpc) is 2.71. The molecule has 1 aromatic rings. The molecular formula is C12H23N3O2S2. The van der Waals surface area contributed by atoms with E-state index in [1.165, 1.54) is 15.6 Å². The topological polar surface area (TPSA) is 62.3 Å². The van der Waals surface area contributed by atoms with Crippen molar-refractivity contribution in [2.75, 3.05) is 13.6 Å². The lowest BCUT2D eigenvalue weighted by Crippen LogP contribution is -2.41. The molecule has 1 rings (SSSR count). The zero-order valence-electron chi connectivity index (χ0n) is 12.2. The summed E-state index contributed by atoms with van der Waals surface area (Å²) in [7, 11) is -1.65. The Bertz CT molecular complexity index is 497. The number of hydrogen-bond acceptors (Lipinski definition) is 5. The van der Waals surface area contributed by atoms with E-state index in [2.05, 4.69) is 10.3 Å². The summed E-state index contributed by atoms with van der Waals surface area (Å²) in [5.41, 5.74) is 2.65. The van der Waals surface area contributed by atoms with Crippen molar-refractivity contribution in [2.24, 2.45) is 0 Å². The quantitative estimate of drug-likeness (QED) is 0.831. The Morgan fingerprint density at radius 3 is 2.53 bits per heavy atom. The number of rotatable bonds is 7. The first-order valence-corrected chi connectivity index (χ1v) is 8.71. The van der Waals surface area contributed by atoms with Gasteiger partial charge in [-0.3, -0.25) is 0 Å². The summed E-state index contributed by atoms with van der Waals surface area (Å²) in [6.45, 7) is 8.50. The standard InChI is InChI=1S/C12H23N3O2S2/c1-9(2)13-6-10(3)19(16,17)15(5)7-12-11(4)14-8-18-12/h8-10,13H,6-7H2,1-5H3. The molecule has 1 atom stereocenters. The van der Waals surface area contributed by atoms with Crippen LogP contribution >= 0.6 is 11.3 Å². The van der Waals surface area contributed by atoms with Gasteiger partial charge in [0.15, 0.2) is 0 Å². The highest BCUT2D eigenvalue weighted by molar-refractivity contribution is 7.89. The van der Waals surface area contributed by atoms with E-state index < -0.39 is 15.3 Å². The highest BCUT2D eigenvalue weighted by Gasteiger charge is 2.26.